The van der Waals surface area contributed by atoms with Crippen LogP contribution in [0.2, 0.25) is 0 Å². The van der Waals surface area contributed by atoms with Gasteiger partial charge in [0.05, 0.1) is 11.2 Å². The summed E-state index contributed by atoms with van der Waals surface area (Å²) in [5.74, 6) is 0.852. The highest BCUT2D eigenvalue weighted by atomic mass is 16.3. The number of aliphatic hydroxyl groups is 1. The summed E-state index contributed by atoms with van der Waals surface area (Å²) in [4.78, 5) is 27.0. The molecular formula is C29H41NO3. The number of rotatable bonds is 0. The molecule has 0 heterocycles. The average molecular weight is 452 g/mol. The first-order valence-electron chi connectivity index (χ1n) is 13.1. The maximum absolute atomic E-state index is 14.0. The van der Waals surface area contributed by atoms with E-state index in [9.17, 15) is 20.0 Å². The fourth-order valence-corrected chi connectivity index (χ4v) is 9.89. The molecule has 5 rings (SSSR count). The third-order valence-corrected chi connectivity index (χ3v) is 11.6. The molecule has 4 fully saturated rings. The maximum atomic E-state index is 14.0. The van der Waals surface area contributed by atoms with Gasteiger partial charge >= 0.3 is 0 Å². The van der Waals surface area contributed by atoms with Crippen LogP contribution in [0.3, 0.4) is 0 Å². The molecule has 0 saturated heterocycles. The third-order valence-electron chi connectivity index (χ3n) is 11.6. The van der Waals surface area contributed by atoms with Crippen LogP contribution in [0.4, 0.5) is 0 Å². The Bertz CT molecular complexity index is 985. The zero-order chi connectivity index (χ0) is 24.2. The Kier molecular flexibility index (Phi) is 4.80. The van der Waals surface area contributed by atoms with Crippen LogP contribution in [-0.4, -0.2) is 22.3 Å². The van der Waals surface area contributed by atoms with E-state index >= 15 is 0 Å². The van der Waals surface area contributed by atoms with Crippen molar-refractivity contribution >= 4 is 11.6 Å². The van der Waals surface area contributed by atoms with E-state index in [1.807, 2.05) is 19.9 Å². The second kappa shape index (κ2) is 6.81. The fourth-order valence-electron chi connectivity index (χ4n) is 9.89. The van der Waals surface area contributed by atoms with E-state index in [0.717, 1.165) is 44.9 Å². The Balaban J connectivity index is 1.58. The average Bonchev–Trinajstić information content (AvgIpc) is 2.72. The minimum atomic E-state index is -0.691. The maximum Gasteiger partial charge on any atom is 0.178 e. The number of allylic oxidation sites excluding steroid dienone is 2. The highest BCUT2D eigenvalue weighted by Gasteiger charge is 2.68. The molecule has 4 heteroatoms. The van der Waals surface area contributed by atoms with E-state index in [-0.39, 0.29) is 57.2 Å². The first-order chi connectivity index (χ1) is 15.2. The Hall–Kier alpha value is -1.47. The van der Waals surface area contributed by atoms with Crippen LogP contribution >= 0.6 is 0 Å². The molecule has 0 bridgehead atoms. The molecule has 1 N–H and O–H groups in total. The van der Waals surface area contributed by atoms with Gasteiger partial charge in [0.15, 0.2) is 5.78 Å². The minimum Gasteiger partial charge on any atom is -0.390 e. The Morgan fingerprint density at radius 3 is 2.30 bits per heavy atom. The van der Waals surface area contributed by atoms with Gasteiger partial charge in [-0.2, -0.15) is 5.26 Å². The normalized spacial score (nSPS) is 50.1. The van der Waals surface area contributed by atoms with Crippen LogP contribution in [0, 0.1) is 62.6 Å². The van der Waals surface area contributed by atoms with Crippen LogP contribution in [0.1, 0.15) is 92.9 Å². The molecule has 0 spiro atoms. The fraction of sp³-hybridized carbons (Fsp3) is 0.828. The van der Waals surface area contributed by atoms with Gasteiger partial charge in [-0.05, 0) is 84.9 Å². The number of hydrogen-bond donors (Lipinski definition) is 1. The van der Waals surface area contributed by atoms with Crippen molar-refractivity contribution in [3.05, 3.63) is 11.6 Å². The third kappa shape index (κ3) is 2.97. The first kappa shape index (κ1) is 23.3. The molecule has 8 atom stereocenters. The van der Waals surface area contributed by atoms with Crippen LogP contribution < -0.4 is 0 Å². The quantitative estimate of drug-likeness (QED) is 0.517. The smallest absolute Gasteiger partial charge is 0.178 e. The highest BCUT2D eigenvalue weighted by Crippen LogP contribution is 2.70. The summed E-state index contributed by atoms with van der Waals surface area (Å²) < 4.78 is 0. The lowest BCUT2D eigenvalue weighted by molar-refractivity contribution is -0.205. The summed E-state index contributed by atoms with van der Waals surface area (Å²) in [6.45, 7) is 13.2. The molecule has 4 saturated carbocycles. The number of ketones is 2. The molecule has 33 heavy (non-hydrogen) atoms. The van der Waals surface area contributed by atoms with Crippen LogP contribution in [-0.2, 0) is 9.59 Å². The molecular weight excluding hydrogens is 410 g/mol. The summed E-state index contributed by atoms with van der Waals surface area (Å²) in [5, 5.41) is 21.4. The van der Waals surface area contributed by atoms with Crippen LogP contribution in [0.25, 0.3) is 0 Å². The molecule has 0 amide bonds. The van der Waals surface area contributed by atoms with Crippen molar-refractivity contribution in [2.24, 2.45) is 51.2 Å². The lowest BCUT2D eigenvalue weighted by Crippen LogP contribution is -2.65. The van der Waals surface area contributed by atoms with E-state index in [4.69, 9.17) is 0 Å². The molecule has 180 valence electrons. The SMILES string of the molecule is CC1(C)CCC2(O)CCC3C(C(=O)CC4C5(C)C=C(C#N)C(=O)C(C)(C)C5CCC34C)C2C1. The summed E-state index contributed by atoms with van der Waals surface area (Å²) >= 11 is 0. The van der Waals surface area contributed by atoms with E-state index in [1.54, 1.807) is 0 Å². The molecule has 0 aromatic carbocycles. The lowest BCUT2D eigenvalue weighted by atomic mass is 9.36. The van der Waals surface area contributed by atoms with Crippen molar-refractivity contribution in [3.8, 4) is 6.07 Å². The molecule has 0 aromatic rings. The van der Waals surface area contributed by atoms with Gasteiger partial charge in [-0.3, -0.25) is 9.59 Å². The van der Waals surface area contributed by atoms with Crippen molar-refractivity contribution in [1.82, 2.24) is 0 Å². The number of carbonyl (C=O) groups excluding carboxylic acids is 2. The molecule has 5 aliphatic rings. The van der Waals surface area contributed by atoms with Gasteiger partial charge in [-0.15, -0.1) is 0 Å². The molecule has 0 radical (unpaired) electrons. The van der Waals surface area contributed by atoms with Crippen molar-refractivity contribution in [2.75, 3.05) is 0 Å². The molecule has 0 aromatic heterocycles. The number of carbonyl (C=O) groups is 2. The van der Waals surface area contributed by atoms with Crippen molar-refractivity contribution in [1.29, 1.82) is 5.26 Å². The predicted molar refractivity (Wildman–Crippen MR) is 127 cm³/mol. The van der Waals surface area contributed by atoms with E-state index in [1.165, 1.54) is 0 Å². The Labute approximate surface area is 199 Å². The van der Waals surface area contributed by atoms with Gasteiger partial charge < -0.3 is 5.11 Å². The van der Waals surface area contributed by atoms with E-state index in [2.05, 4.69) is 33.8 Å². The second-order valence-electron chi connectivity index (χ2n) is 14.2. The van der Waals surface area contributed by atoms with Crippen LogP contribution in [0.5, 0.6) is 0 Å². The minimum absolute atomic E-state index is 0.0136. The number of nitrogens with zero attached hydrogens (tertiary/aromatic N) is 1. The molecule has 8 unspecified atom stereocenters. The zero-order valence-corrected chi connectivity index (χ0v) is 21.3. The summed E-state index contributed by atoms with van der Waals surface area (Å²) in [7, 11) is 0. The number of Topliss-reactive ketones (excluding diaryl/α,β-unsaturated/α-hetero) is 2. The highest BCUT2D eigenvalue weighted by molar-refractivity contribution is 6.04. The van der Waals surface area contributed by atoms with Gasteiger partial charge in [0.1, 0.15) is 11.9 Å². The number of hydrogen-bond acceptors (Lipinski definition) is 4. The zero-order valence-electron chi connectivity index (χ0n) is 21.3. The topological polar surface area (TPSA) is 78.2 Å². The molecule has 5 aliphatic carbocycles. The lowest BCUT2D eigenvalue weighted by Gasteiger charge is -2.67. The predicted octanol–water partition coefficient (Wildman–Crippen LogP) is 5.64. The second-order valence-corrected chi connectivity index (χ2v) is 14.2. The summed E-state index contributed by atoms with van der Waals surface area (Å²) in [6, 6.07) is 2.19. The standard InChI is InChI=1S/C29H41NO3/c1-25(2)11-12-29(33)10-7-18-23(19(29)15-25)20(31)13-22-27(18,5)9-8-21-26(3,4)24(32)17(16-30)14-28(21,22)6/h14,18-19,21-23,33H,7-13,15H2,1-6H3. The van der Waals surface area contributed by atoms with Gasteiger partial charge in [-0.25, -0.2) is 0 Å². The van der Waals surface area contributed by atoms with Gasteiger partial charge in [0.2, 0.25) is 0 Å². The summed E-state index contributed by atoms with van der Waals surface area (Å²) in [6.07, 6.45) is 8.92. The monoisotopic (exact) mass is 451 g/mol. The Morgan fingerprint density at radius 1 is 0.939 bits per heavy atom. The largest absolute Gasteiger partial charge is 0.390 e. The van der Waals surface area contributed by atoms with Crippen LogP contribution in [0.15, 0.2) is 11.6 Å². The number of fused-ring (bicyclic) bond motifs is 7. The first-order valence-corrected chi connectivity index (χ1v) is 13.1. The Morgan fingerprint density at radius 2 is 1.64 bits per heavy atom. The number of nitriles is 1. The van der Waals surface area contributed by atoms with Gasteiger partial charge in [0.25, 0.3) is 0 Å². The molecule has 0 aliphatic heterocycles. The van der Waals surface area contributed by atoms with Crippen molar-refractivity contribution < 1.29 is 14.7 Å². The molecule has 4 nitrogen and oxygen atoms in total. The van der Waals surface area contributed by atoms with E-state index in [0.29, 0.717) is 12.2 Å². The van der Waals surface area contributed by atoms with E-state index < -0.39 is 11.0 Å². The van der Waals surface area contributed by atoms with Gasteiger partial charge in [0, 0.05) is 17.8 Å². The van der Waals surface area contributed by atoms with Gasteiger partial charge in [-0.1, -0.05) is 47.6 Å². The summed E-state index contributed by atoms with van der Waals surface area (Å²) in [5.41, 5.74) is -1.18. The van der Waals surface area contributed by atoms with Crippen molar-refractivity contribution in [3.63, 3.8) is 0 Å². The van der Waals surface area contributed by atoms with Crippen molar-refractivity contribution in [2.45, 2.75) is 98.5 Å².